The molecule has 1 unspecified atom stereocenters. The van der Waals surface area contributed by atoms with Crippen molar-refractivity contribution in [3.8, 4) is 0 Å². The molecule has 0 fully saturated rings. The number of rotatable bonds is 10. The Bertz CT molecular complexity index is 186. The molecule has 4 heteroatoms. The average molecular weight is 246 g/mol. The van der Waals surface area contributed by atoms with Crippen LogP contribution in [0.2, 0.25) is 0 Å². The second-order valence-corrected chi connectivity index (χ2v) is 5.46. The van der Waals surface area contributed by atoms with E-state index >= 15 is 0 Å². The lowest BCUT2D eigenvalue weighted by Gasteiger charge is -2.36. The van der Waals surface area contributed by atoms with E-state index < -0.39 is 0 Å². The van der Waals surface area contributed by atoms with Crippen molar-refractivity contribution >= 4 is 0 Å². The van der Waals surface area contributed by atoms with Crippen molar-refractivity contribution in [2.75, 3.05) is 54.1 Å². The first kappa shape index (κ1) is 16.8. The van der Waals surface area contributed by atoms with E-state index in [0.717, 1.165) is 32.8 Å². The third-order valence-corrected chi connectivity index (χ3v) is 2.90. The second-order valence-electron chi connectivity index (χ2n) is 5.46. The highest BCUT2D eigenvalue weighted by Crippen LogP contribution is 2.17. The van der Waals surface area contributed by atoms with E-state index in [1.807, 2.05) is 7.05 Å². The molecule has 0 aliphatic heterocycles. The molecule has 0 aliphatic rings. The molecular formula is C13H30N2O2. The molecule has 0 saturated heterocycles. The third kappa shape index (κ3) is 7.71. The summed E-state index contributed by atoms with van der Waals surface area (Å²) in [6.07, 6.45) is 0. The second kappa shape index (κ2) is 8.86. The quantitative estimate of drug-likeness (QED) is 0.628. The Labute approximate surface area is 107 Å². The van der Waals surface area contributed by atoms with Crippen LogP contribution in [0, 0.1) is 5.41 Å². The molecule has 1 N–H and O–H groups in total. The van der Waals surface area contributed by atoms with Gasteiger partial charge in [0.1, 0.15) is 0 Å². The van der Waals surface area contributed by atoms with Crippen LogP contribution in [0.1, 0.15) is 20.8 Å². The molecule has 0 radical (unpaired) electrons. The lowest BCUT2D eigenvalue weighted by atomic mass is 9.92. The molecule has 0 saturated carbocycles. The summed E-state index contributed by atoms with van der Waals surface area (Å²) in [5, 5.41) is 3.25. The van der Waals surface area contributed by atoms with Crippen LogP contribution in [-0.2, 0) is 9.47 Å². The molecule has 0 heterocycles. The van der Waals surface area contributed by atoms with E-state index in [1.165, 1.54) is 0 Å². The van der Waals surface area contributed by atoms with E-state index in [1.54, 1.807) is 14.2 Å². The monoisotopic (exact) mass is 246 g/mol. The summed E-state index contributed by atoms with van der Waals surface area (Å²) < 4.78 is 10.4. The molecule has 0 rings (SSSR count). The first-order valence-corrected chi connectivity index (χ1v) is 6.33. The summed E-state index contributed by atoms with van der Waals surface area (Å²) in [4.78, 5) is 2.43. The summed E-state index contributed by atoms with van der Waals surface area (Å²) in [6, 6.07) is 0.422. The van der Waals surface area contributed by atoms with Gasteiger partial charge in [-0.3, -0.25) is 4.90 Å². The van der Waals surface area contributed by atoms with Gasteiger partial charge in [0.2, 0.25) is 0 Å². The zero-order chi connectivity index (χ0) is 13.3. The zero-order valence-electron chi connectivity index (χ0n) is 12.4. The fourth-order valence-corrected chi connectivity index (χ4v) is 2.09. The summed E-state index contributed by atoms with van der Waals surface area (Å²) in [7, 11) is 5.50. The smallest absolute Gasteiger partial charge is 0.0615 e. The normalized spacial score (nSPS) is 14.3. The van der Waals surface area contributed by atoms with Gasteiger partial charge in [0.25, 0.3) is 0 Å². The van der Waals surface area contributed by atoms with Crippen LogP contribution >= 0.6 is 0 Å². The molecular weight excluding hydrogens is 216 g/mol. The van der Waals surface area contributed by atoms with Crippen molar-refractivity contribution in [3.05, 3.63) is 0 Å². The lowest BCUT2D eigenvalue weighted by molar-refractivity contribution is 0.0514. The minimum absolute atomic E-state index is 0.254. The molecule has 0 aliphatic carbocycles. The highest BCUT2D eigenvalue weighted by atomic mass is 16.5. The van der Waals surface area contributed by atoms with Crippen LogP contribution in [0.4, 0.5) is 0 Å². The summed E-state index contributed by atoms with van der Waals surface area (Å²) in [5.41, 5.74) is 0.254. The van der Waals surface area contributed by atoms with Crippen molar-refractivity contribution in [1.29, 1.82) is 0 Å². The Morgan fingerprint density at radius 2 is 1.88 bits per heavy atom. The lowest BCUT2D eigenvalue weighted by Crippen LogP contribution is -2.46. The fourth-order valence-electron chi connectivity index (χ4n) is 2.09. The SMILES string of the molecule is CNCC(C)(C)CN(CCOC)C(C)COC. The first-order chi connectivity index (χ1) is 7.96. The number of nitrogens with zero attached hydrogens (tertiary/aromatic N) is 1. The van der Waals surface area contributed by atoms with Gasteiger partial charge >= 0.3 is 0 Å². The number of methoxy groups -OCH3 is 2. The van der Waals surface area contributed by atoms with Crippen LogP contribution in [0.5, 0.6) is 0 Å². The van der Waals surface area contributed by atoms with Crippen molar-refractivity contribution < 1.29 is 9.47 Å². The maximum absolute atomic E-state index is 5.24. The zero-order valence-corrected chi connectivity index (χ0v) is 12.4. The van der Waals surface area contributed by atoms with Gasteiger partial charge < -0.3 is 14.8 Å². The molecule has 4 nitrogen and oxygen atoms in total. The van der Waals surface area contributed by atoms with Gasteiger partial charge in [0.15, 0.2) is 0 Å². The predicted octanol–water partition coefficient (Wildman–Crippen LogP) is 1.22. The van der Waals surface area contributed by atoms with E-state index in [9.17, 15) is 0 Å². The number of hydrogen-bond acceptors (Lipinski definition) is 4. The molecule has 0 bridgehead atoms. The molecule has 0 aromatic heterocycles. The Balaban J connectivity index is 4.35. The highest BCUT2D eigenvalue weighted by Gasteiger charge is 2.24. The molecule has 0 aromatic rings. The Kier molecular flexibility index (Phi) is 8.78. The average Bonchev–Trinajstić information content (AvgIpc) is 2.24. The first-order valence-electron chi connectivity index (χ1n) is 6.33. The van der Waals surface area contributed by atoms with Crippen LogP contribution in [0.25, 0.3) is 0 Å². The van der Waals surface area contributed by atoms with E-state index in [4.69, 9.17) is 9.47 Å². The van der Waals surface area contributed by atoms with Gasteiger partial charge in [-0.15, -0.1) is 0 Å². The Morgan fingerprint density at radius 1 is 1.24 bits per heavy atom. The highest BCUT2D eigenvalue weighted by molar-refractivity contribution is 4.78. The predicted molar refractivity (Wildman–Crippen MR) is 72.5 cm³/mol. The minimum atomic E-state index is 0.254. The van der Waals surface area contributed by atoms with Crippen LogP contribution in [0.3, 0.4) is 0 Å². The standard InChI is InChI=1S/C13H30N2O2/c1-12(9-17-6)15(7-8-16-5)11-13(2,3)10-14-4/h12,14H,7-11H2,1-6H3. The Morgan fingerprint density at radius 3 is 2.35 bits per heavy atom. The summed E-state index contributed by atoms with van der Waals surface area (Å²) >= 11 is 0. The molecule has 1 atom stereocenters. The summed E-state index contributed by atoms with van der Waals surface area (Å²) in [5.74, 6) is 0. The Hall–Kier alpha value is -0.160. The van der Waals surface area contributed by atoms with Gasteiger partial charge in [0.05, 0.1) is 13.2 Å². The molecule has 0 amide bonds. The fraction of sp³-hybridized carbons (Fsp3) is 1.00. The number of ether oxygens (including phenoxy) is 2. The van der Waals surface area contributed by atoms with Crippen molar-refractivity contribution in [3.63, 3.8) is 0 Å². The largest absolute Gasteiger partial charge is 0.383 e. The number of nitrogens with one attached hydrogen (secondary N) is 1. The van der Waals surface area contributed by atoms with Gasteiger partial charge in [-0.05, 0) is 19.4 Å². The van der Waals surface area contributed by atoms with Gasteiger partial charge in [-0.1, -0.05) is 13.8 Å². The molecule has 0 spiro atoms. The van der Waals surface area contributed by atoms with Crippen LogP contribution in [-0.4, -0.2) is 65.1 Å². The van der Waals surface area contributed by atoms with E-state index in [0.29, 0.717) is 6.04 Å². The molecule has 0 aromatic carbocycles. The van der Waals surface area contributed by atoms with Crippen LogP contribution in [0.15, 0.2) is 0 Å². The van der Waals surface area contributed by atoms with Crippen molar-refractivity contribution in [2.24, 2.45) is 5.41 Å². The molecule has 104 valence electrons. The maximum Gasteiger partial charge on any atom is 0.0615 e. The number of hydrogen-bond donors (Lipinski definition) is 1. The topological polar surface area (TPSA) is 33.7 Å². The molecule has 17 heavy (non-hydrogen) atoms. The van der Waals surface area contributed by atoms with E-state index in [-0.39, 0.29) is 5.41 Å². The van der Waals surface area contributed by atoms with Crippen molar-refractivity contribution in [2.45, 2.75) is 26.8 Å². The van der Waals surface area contributed by atoms with Gasteiger partial charge in [-0.25, -0.2) is 0 Å². The van der Waals surface area contributed by atoms with Gasteiger partial charge in [0, 0.05) is 39.9 Å². The maximum atomic E-state index is 5.24. The third-order valence-electron chi connectivity index (χ3n) is 2.90. The van der Waals surface area contributed by atoms with Gasteiger partial charge in [-0.2, -0.15) is 0 Å². The summed E-state index contributed by atoms with van der Waals surface area (Å²) in [6.45, 7) is 11.3. The van der Waals surface area contributed by atoms with Crippen molar-refractivity contribution in [1.82, 2.24) is 10.2 Å². The van der Waals surface area contributed by atoms with Crippen LogP contribution < -0.4 is 5.32 Å². The van der Waals surface area contributed by atoms with E-state index in [2.05, 4.69) is 31.0 Å². The minimum Gasteiger partial charge on any atom is -0.383 e.